The van der Waals surface area contributed by atoms with E-state index in [2.05, 4.69) is 35.5 Å². The molecule has 1 amide bonds. The lowest BCUT2D eigenvalue weighted by Gasteiger charge is -2.33. The second-order valence-electron chi connectivity index (χ2n) is 12.1. The molecule has 2 aromatic heterocycles. The molecule has 0 aliphatic carbocycles. The number of ether oxygens (including phenoxy) is 2. The Bertz CT molecular complexity index is 1670. The maximum Gasteiger partial charge on any atom is 0.361 e. The largest absolute Gasteiger partial charge is 0.497 e. The third-order valence-electron chi connectivity index (χ3n) is 8.88. The number of nitrogens with two attached hydrogens (primary N) is 1. The minimum atomic E-state index is -1.27. The number of amides is 1. The summed E-state index contributed by atoms with van der Waals surface area (Å²) >= 11 is 0. The maximum atomic E-state index is 13.5. The summed E-state index contributed by atoms with van der Waals surface area (Å²) in [5.74, 6) is -0.933. The van der Waals surface area contributed by atoms with Crippen molar-refractivity contribution in [1.82, 2.24) is 34.9 Å². The van der Waals surface area contributed by atoms with Crippen LogP contribution in [0.3, 0.4) is 0 Å². The van der Waals surface area contributed by atoms with Gasteiger partial charge in [0.15, 0.2) is 11.5 Å². The van der Waals surface area contributed by atoms with Crippen LogP contribution in [0.15, 0.2) is 73.2 Å². The van der Waals surface area contributed by atoms with Gasteiger partial charge in [0.05, 0.1) is 31.2 Å². The molecular weight excluding hydrogens is 646 g/mol. The lowest BCUT2D eigenvalue weighted by atomic mass is 10.1. The fourth-order valence-electron chi connectivity index (χ4n) is 6.19. The molecule has 1 atom stereocenters. The van der Waals surface area contributed by atoms with Gasteiger partial charge in [-0.15, -0.1) is 12.4 Å². The number of anilines is 2. The molecule has 6 rings (SSSR count). The van der Waals surface area contributed by atoms with Crippen molar-refractivity contribution in [3.05, 3.63) is 84.4 Å². The van der Waals surface area contributed by atoms with E-state index in [9.17, 15) is 9.59 Å². The normalized spacial score (nSPS) is 16.3. The number of nitrogen functional groups attached to an aromatic ring is 1. The summed E-state index contributed by atoms with van der Waals surface area (Å²) in [4.78, 5) is 40.8. The molecule has 13 nitrogen and oxygen atoms in total. The number of piperidine rings is 1. The first-order chi connectivity index (χ1) is 23.5. The maximum absolute atomic E-state index is 13.5. The lowest BCUT2D eigenvalue weighted by Crippen LogP contribution is -2.44. The second-order valence-corrected chi connectivity index (χ2v) is 12.1. The van der Waals surface area contributed by atoms with Gasteiger partial charge >= 0.3 is 5.97 Å². The van der Waals surface area contributed by atoms with Crippen LogP contribution in [0.4, 0.5) is 11.5 Å². The summed E-state index contributed by atoms with van der Waals surface area (Å²) in [7, 11) is 1.54. The minimum absolute atomic E-state index is 0. The van der Waals surface area contributed by atoms with Crippen LogP contribution in [0.5, 0.6) is 5.75 Å². The van der Waals surface area contributed by atoms with E-state index < -0.39 is 18.0 Å². The average molecular weight is 690 g/mol. The van der Waals surface area contributed by atoms with E-state index in [1.807, 2.05) is 16.9 Å². The van der Waals surface area contributed by atoms with E-state index >= 15 is 0 Å². The molecule has 2 aromatic carbocycles. The van der Waals surface area contributed by atoms with Gasteiger partial charge in [-0.3, -0.25) is 9.48 Å². The van der Waals surface area contributed by atoms with Crippen LogP contribution < -0.4 is 21.1 Å². The number of hydrogen-bond acceptors (Lipinski definition) is 11. The fourth-order valence-corrected chi connectivity index (χ4v) is 6.19. The molecule has 4 N–H and O–H groups in total. The minimum Gasteiger partial charge on any atom is -0.497 e. The van der Waals surface area contributed by atoms with Crippen LogP contribution in [-0.4, -0.2) is 101 Å². The van der Waals surface area contributed by atoms with Crippen molar-refractivity contribution in [1.29, 1.82) is 0 Å². The Morgan fingerprint density at radius 2 is 1.73 bits per heavy atom. The van der Waals surface area contributed by atoms with Gasteiger partial charge in [-0.2, -0.15) is 5.10 Å². The van der Waals surface area contributed by atoms with Crippen LogP contribution in [-0.2, 0) is 9.53 Å². The predicted octanol–water partition coefficient (Wildman–Crippen LogP) is 3.82. The van der Waals surface area contributed by atoms with Gasteiger partial charge in [0.1, 0.15) is 5.75 Å². The number of carbonyl (C=O) groups excluding carboxylic acids is 2. The standard InChI is InChI=1S/C35H43N9O4.ClH/c1-47-29-10-5-9-27(21-29)40-34(45)32(25-7-3-2-4-8-25)48-35(46)31-33(36)38-23-30(41-31)26-22-39-44(24-26)28-11-17-42(18-12-28)15-6-16-43-19-13-37-14-20-43;/h2-5,7-10,21-24,28,32,37H,6,11-20H2,1H3,(H2,36,38)(H,40,45);1H/t32-;/m1./s1. The quantitative estimate of drug-likeness (QED) is 0.186. The Kier molecular flexibility index (Phi) is 12.5. The Morgan fingerprint density at radius 1 is 1.00 bits per heavy atom. The van der Waals surface area contributed by atoms with Crippen molar-refractivity contribution in [2.45, 2.75) is 31.4 Å². The highest BCUT2D eigenvalue weighted by molar-refractivity contribution is 5.99. The molecule has 49 heavy (non-hydrogen) atoms. The number of nitrogens with zero attached hydrogens (tertiary/aromatic N) is 6. The van der Waals surface area contributed by atoms with Gasteiger partial charge in [-0.25, -0.2) is 14.8 Å². The molecule has 2 saturated heterocycles. The first-order valence-corrected chi connectivity index (χ1v) is 16.5. The number of rotatable bonds is 12. The molecule has 0 unspecified atom stereocenters. The summed E-state index contributed by atoms with van der Waals surface area (Å²) in [6, 6.07) is 16.0. The highest BCUT2D eigenvalue weighted by atomic mass is 35.5. The van der Waals surface area contributed by atoms with Gasteiger partial charge in [0.2, 0.25) is 6.10 Å². The van der Waals surface area contributed by atoms with E-state index in [1.54, 1.807) is 61.8 Å². The van der Waals surface area contributed by atoms with Crippen LogP contribution in [0.1, 0.15) is 47.5 Å². The SMILES string of the molecule is COc1cccc(NC(=O)[C@H](OC(=O)c2nc(-c3cnn(C4CCN(CCCN5CCNCC5)CC4)c3)cnc2N)c2ccccc2)c1.Cl. The Labute approximate surface area is 292 Å². The number of benzene rings is 2. The highest BCUT2D eigenvalue weighted by Crippen LogP contribution is 2.27. The number of methoxy groups -OCH3 is 1. The smallest absolute Gasteiger partial charge is 0.361 e. The number of likely N-dealkylation sites (tertiary alicyclic amines) is 1. The van der Waals surface area contributed by atoms with Crippen molar-refractivity contribution < 1.29 is 19.1 Å². The Hall–Kier alpha value is -4.56. The van der Waals surface area contributed by atoms with E-state index in [0.29, 0.717) is 28.3 Å². The number of nitrogens with one attached hydrogen (secondary N) is 2. The van der Waals surface area contributed by atoms with Gasteiger partial charge in [-0.05, 0) is 44.5 Å². The van der Waals surface area contributed by atoms with E-state index in [1.165, 1.54) is 12.6 Å². The van der Waals surface area contributed by atoms with Crippen LogP contribution in [0.25, 0.3) is 11.3 Å². The third kappa shape index (κ3) is 9.33. The Morgan fingerprint density at radius 3 is 2.47 bits per heavy atom. The summed E-state index contributed by atoms with van der Waals surface area (Å²) in [6.45, 7) is 8.80. The first kappa shape index (κ1) is 35.7. The predicted molar refractivity (Wildman–Crippen MR) is 190 cm³/mol. The summed E-state index contributed by atoms with van der Waals surface area (Å²) < 4.78 is 13.0. The molecule has 0 radical (unpaired) electrons. The van der Waals surface area contributed by atoms with E-state index in [0.717, 1.165) is 65.2 Å². The van der Waals surface area contributed by atoms with Gasteiger partial charge < -0.3 is 35.6 Å². The average Bonchev–Trinajstić information content (AvgIpc) is 3.62. The summed E-state index contributed by atoms with van der Waals surface area (Å²) in [5.41, 5.74) is 8.06. The zero-order chi connectivity index (χ0) is 33.3. The first-order valence-electron chi connectivity index (χ1n) is 16.5. The van der Waals surface area contributed by atoms with Gasteiger partial charge in [0.25, 0.3) is 5.91 Å². The van der Waals surface area contributed by atoms with Crippen LogP contribution >= 0.6 is 12.4 Å². The molecule has 14 heteroatoms. The third-order valence-corrected chi connectivity index (χ3v) is 8.88. The van der Waals surface area contributed by atoms with E-state index in [-0.39, 0.29) is 30.0 Å². The molecule has 0 bridgehead atoms. The summed E-state index contributed by atoms with van der Waals surface area (Å²) in [5, 5.41) is 10.8. The molecular formula is C35H44ClN9O4. The summed E-state index contributed by atoms with van der Waals surface area (Å²) in [6.07, 6.45) is 7.12. The van der Waals surface area contributed by atoms with Crippen molar-refractivity contribution in [2.75, 3.05) is 70.5 Å². The zero-order valence-electron chi connectivity index (χ0n) is 27.7. The molecule has 0 saturated carbocycles. The zero-order valence-corrected chi connectivity index (χ0v) is 28.5. The van der Waals surface area contributed by atoms with Crippen molar-refractivity contribution in [3.63, 3.8) is 0 Å². The number of aromatic nitrogens is 4. The van der Waals surface area contributed by atoms with Crippen LogP contribution in [0, 0.1) is 0 Å². The second kappa shape index (κ2) is 17.2. The van der Waals surface area contributed by atoms with Crippen molar-refractivity contribution in [3.8, 4) is 17.0 Å². The number of piperazine rings is 1. The van der Waals surface area contributed by atoms with Crippen LogP contribution in [0.2, 0.25) is 0 Å². The van der Waals surface area contributed by atoms with Gasteiger partial charge in [-0.1, -0.05) is 36.4 Å². The highest BCUT2D eigenvalue weighted by Gasteiger charge is 2.29. The molecule has 2 aliphatic heterocycles. The monoisotopic (exact) mass is 689 g/mol. The molecule has 4 heterocycles. The lowest BCUT2D eigenvalue weighted by molar-refractivity contribution is -0.125. The van der Waals surface area contributed by atoms with Gasteiger partial charge in [0, 0.05) is 68.3 Å². The number of esters is 1. The Balaban J connectivity index is 0.00000468. The number of halogens is 1. The van der Waals surface area contributed by atoms with E-state index in [4.69, 9.17) is 15.2 Å². The molecule has 2 fully saturated rings. The molecule has 2 aliphatic rings. The van der Waals surface area contributed by atoms with Crippen molar-refractivity contribution >= 4 is 35.8 Å². The fraction of sp³-hybridized carbons (Fsp3) is 0.400. The number of carbonyl (C=O) groups is 2. The molecule has 4 aromatic rings. The molecule has 0 spiro atoms. The molecule has 260 valence electrons. The van der Waals surface area contributed by atoms with Crippen molar-refractivity contribution in [2.24, 2.45) is 0 Å². The number of hydrogen-bond donors (Lipinski definition) is 3. The topological polar surface area (TPSA) is 153 Å².